The minimum atomic E-state index is -0.274. The number of fused-ring (bicyclic) bond motifs is 1. The number of benzene rings is 1. The Balaban J connectivity index is 1.37. The third kappa shape index (κ3) is 4.54. The van der Waals surface area contributed by atoms with Crippen LogP contribution in [0.3, 0.4) is 0 Å². The number of pyridine rings is 1. The summed E-state index contributed by atoms with van der Waals surface area (Å²) in [5.41, 5.74) is 2.55. The molecule has 1 aromatic carbocycles. The van der Waals surface area contributed by atoms with Crippen molar-refractivity contribution >= 4 is 22.6 Å². The van der Waals surface area contributed by atoms with Crippen LogP contribution in [0.1, 0.15) is 31.2 Å². The lowest BCUT2D eigenvalue weighted by Gasteiger charge is -2.28. The van der Waals surface area contributed by atoms with E-state index in [2.05, 4.69) is 26.9 Å². The molecule has 1 fully saturated rings. The lowest BCUT2D eigenvalue weighted by atomic mass is 9.93. The third-order valence-electron chi connectivity index (χ3n) is 5.77. The smallest absolute Gasteiger partial charge is 0.214 e. The van der Waals surface area contributed by atoms with Gasteiger partial charge in [-0.3, -0.25) is 0 Å². The Hall–Kier alpha value is -2.18. The summed E-state index contributed by atoms with van der Waals surface area (Å²) < 4.78 is 19.6. The van der Waals surface area contributed by atoms with Gasteiger partial charge in [-0.2, -0.15) is 0 Å². The van der Waals surface area contributed by atoms with E-state index >= 15 is 0 Å². The Labute approximate surface area is 175 Å². The van der Waals surface area contributed by atoms with Gasteiger partial charge in [0.1, 0.15) is 11.6 Å². The predicted octanol–water partition coefficient (Wildman–Crippen LogP) is 5.23. The fraction of sp³-hybridized carbons (Fsp3) is 0.455. The highest BCUT2D eigenvalue weighted by Crippen LogP contribution is 2.30. The van der Waals surface area contributed by atoms with Gasteiger partial charge >= 0.3 is 0 Å². The van der Waals surface area contributed by atoms with Crippen molar-refractivity contribution in [3.63, 3.8) is 0 Å². The maximum Gasteiger partial charge on any atom is 0.214 e. The highest BCUT2D eigenvalue weighted by atomic mass is 35.5. The Bertz CT molecular complexity index is 998. The van der Waals surface area contributed by atoms with Gasteiger partial charge in [-0.15, -0.1) is 0 Å². The number of H-pyrrole nitrogens is 1. The monoisotopic (exact) mass is 416 g/mol. The largest absolute Gasteiger partial charge is 0.478 e. The molecule has 0 atom stereocenters. The van der Waals surface area contributed by atoms with Gasteiger partial charge in [-0.25, -0.2) is 14.4 Å². The number of halogens is 2. The minimum Gasteiger partial charge on any atom is -0.478 e. The van der Waals surface area contributed by atoms with Crippen LogP contribution in [0, 0.1) is 18.7 Å². The maximum atomic E-state index is 13.8. The van der Waals surface area contributed by atoms with Crippen LogP contribution in [0.4, 0.5) is 4.39 Å². The standard InChI is InChI=1S/C22H26ClFN4O/c1-14-18(24)5-6-19-21(14)27-22(26-19)16-13-25-20(12-17(16)23)29-11-3-4-15-7-9-28(2)10-8-15/h5-6,12-13,15H,3-4,7-11H2,1-2H3,(H,26,27). The van der Waals surface area contributed by atoms with E-state index in [-0.39, 0.29) is 5.82 Å². The Morgan fingerprint density at radius 3 is 2.86 bits per heavy atom. The van der Waals surface area contributed by atoms with Gasteiger partial charge in [0.05, 0.1) is 28.2 Å². The van der Waals surface area contributed by atoms with E-state index in [1.807, 2.05) is 0 Å². The number of aryl methyl sites for hydroxylation is 1. The molecule has 0 saturated carbocycles. The summed E-state index contributed by atoms with van der Waals surface area (Å²) in [6, 6.07) is 4.83. The molecule has 154 valence electrons. The van der Waals surface area contributed by atoms with Gasteiger partial charge < -0.3 is 14.6 Å². The fourth-order valence-electron chi connectivity index (χ4n) is 3.88. The average molecular weight is 417 g/mol. The SMILES string of the molecule is Cc1c(F)ccc2[nH]c(-c3cnc(OCCCC4CCN(C)CC4)cc3Cl)nc12. The first kappa shape index (κ1) is 20.1. The molecule has 0 radical (unpaired) electrons. The number of aromatic nitrogens is 3. The van der Waals surface area contributed by atoms with Crippen molar-refractivity contribution < 1.29 is 9.13 Å². The first-order chi connectivity index (χ1) is 14.0. The van der Waals surface area contributed by atoms with Gasteiger partial charge in [0.25, 0.3) is 0 Å². The molecule has 29 heavy (non-hydrogen) atoms. The second-order valence-electron chi connectivity index (χ2n) is 7.89. The summed E-state index contributed by atoms with van der Waals surface area (Å²) in [6.45, 7) is 4.74. The van der Waals surface area contributed by atoms with Crippen LogP contribution in [0.2, 0.25) is 5.02 Å². The molecule has 5 nitrogen and oxygen atoms in total. The quantitative estimate of drug-likeness (QED) is 0.559. The zero-order valence-corrected chi connectivity index (χ0v) is 17.6. The Morgan fingerprint density at radius 2 is 2.10 bits per heavy atom. The van der Waals surface area contributed by atoms with E-state index in [1.165, 1.54) is 38.4 Å². The minimum absolute atomic E-state index is 0.274. The van der Waals surface area contributed by atoms with Crippen molar-refractivity contribution in [1.82, 2.24) is 19.9 Å². The Kier molecular flexibility index (Phi) is 6.01. The van der Waals surface area contributed by atoms with Crippen molar-refractivity contribution in [2.45, 2.75) is 32.6 Å². The van der Waals surface area contributed by atoms with Crippen LogP contribution in [-0.4, -0.2) is 46.6 Å². The summed E-state index contributed by atoms with van der Waals surface area (Å²) >= 11 is 6.45. The molecule has 3 heterocycles. The molecule has 4 rings (SSSR count). The average Bonchev–Trinajstić information content (AvgIpc) is 3.14. The number of ether oxygens (including phenoxy) is 1. The number of hydrogen-bond donors (Lipinski definition) is 1. The number of nitrogens with one attached hydrogen (secondary N) is 1. The van der Waals surface area contributed by atoms with Crippen molar-refractivity contribution in [2.75, 3.05) is 26.7 Å². The van der Waals surface area contributed by atoms with Crippen LogP contribution >= 0.6 is 11.6 Å². The molecule has 7 heteroatoms. The topological polar surface area (TPSA) is 54.0 Å². The Morgan fingerprint density at radius 1 is 1.31 bits per heavy atom. The lowest BCUT2D eigenvalue weighted by Crippen LogP contribution is -2.30. The maximum absolute atomic E-state index is 13.8. The van der Waals surface area contributed by atoms with Crippen LogP contribution in [-0.2, 0) is 0 Å². The number of rotatable bonds is 6. The highest BCUT2D eigenvalue weighted by Gasteiger charge is 2.16. The number of likely N-dealkylation sites (tertiary alicyclic amines) is 1. The van der Waals surface area contributed by atoms with Gasteiger partial charge in [-0.05, 0) is 70.8 Å². The summed E-state index contributed by atoms with van der Waals surface area (Å²) in [6.07, 6.45) is 6.41. The second kappa shape index (κ2) is 8.67. The lowest BCUT2D eigenvalue weighted by molar-refractivity contribution is 0.199. The molecule has 1 saturated heterocycles. The van der Waals surface area contributed by atoms with E-state index < -0.39 is 0 Å². The van der Waals surface area contributed by atoms with Crippen molar-refractivity contribution in [1.29, 1.82) is 0 Å². The summed E-state index contributed by atoms with van der Waals surface area (Å²) in [7, 11) is 2.18. The summed E-state index contributed by atoms with van der Waals surface area (Å²) in [5, 5.41) is 0.502. The molecule has 0 spiro atoms. The fourth-order valence-corrected chi connectivity index (χ4v) is 4.11. The van der Waals surface area contributed by atoms with Crippen LogP contribution < -0.4 is 4.74 Å². The number of imidazole rings is 1. The molecular weight excluding hydrogens is 391 g/mol. The zero-order valence-electron chi connectivity index (χ0n) is 16.8. The molecular formula is C22H26ClFN4O. The summed E-state index contributed by atoms with van der Waals surface area (Å²) in [5.74, 6) is 1.61. The zero-order chi connectivity index (χ0) is 20.4. The normalized spacial score (nSPS) is 15.9. The third-order valence-corrected chi connectivity index (χ3v) is 6.08. The van der Waals surface area contributed by atoms with Crippen molar-refractivity contribution in [3.8, 4) is 17.3 Å². The van der Waals surface area contributed by atoms with E-state index in [9.17, 15) is 4.39 Å². The van der Waals surface area contributed by atoms with Crippen molar-refractivity contribution in [3.05, 3.63) is 40.8 Å². The van der Waals surface area contributed by atoms with E-state index in [0.717, 1.165) is 17.9 Å². The molecule has 0 unspecified atom stereocenters. The van der Waals surface area contributed by atoms with Gasteiger partial charge in [0, 0.05) is 17.8 Å². The molecule has 2 aromatic heterocycles. The molecule has 1 aliphatic heterocycles. The summed E-state index contributed by atoms with van der Waals surface area (Å²) in [4.78, 5) is 14.4. The second-order valence-corrected chi connectivity index (χ2v) is 8.30. The highest BCUT2D eigenvalue weighted by molar-refractivity contribution is 6.33. The first-order valence-corrected chi connectivity index (χ1v) is 10.5. The van der Waals surface area contributed by atoms with E-state index in [1.54, 1.807) is 25.3 Å². The molecule has 3 aromatic rings. The van der Waals surface area contributed by atoms with Gasteiger partial charge in [0.2, 0.25) is 5.88 Å². The van der Waals surface area contributed by atoms with E-state index in [0.29, 0.717) is 40.0 Å². The van der Waals surface area contributed by atoms with Crippen LogP contribution in [0.15, 0.2) is 24.4 Å². The van der Waals surface area contributed by atoms with Gasteiger partial charge in [0.15, 0.2) is 0 Å². The number of hydrogen-bond acceptors (Lipinski definition) is 4. The van der Waals surface area contributed by atoms with Gasteiger partial charge in [-0.1, -0.05) is 11.6 Å². The first-order valence-electron chi connectivity index (χ1n) is 10.1. The van der Waals surface area contributed by atoms with Crippen LogP contribution in [0.25, 0.3) is 22.4 Å². The predicted molar refractivity (Wildman–Crippen MR) is 114 cm³/mol. The molecule has 1 N–H and O–H groups in total. The number of piperidine rings is 1. The molecule has 1 aliphatic rings. The van der Waals surface area contributed by atoms with E-state index in [4.69, 9.17) is 16.3 Å². The molecule has 0 aliphatic carbocycles. The van der Waals surface area contributed by atoms with Crippen molar-refractivity contribution in [2.24, 2.45) is 5.92 Å². The number of nitrogens with zero attached hydrogens (tertiary/aromatic N) is 3. The molecule has 0 bridgehead atoms. The number of aromatic amines is 1. The van der Waals surface area contributed by atoms with Crippen LogP contribution in [0.5, 0.6) is 5.88 Å². The molecule has 0 amide bonds.